The van der Waals surface area contributed by atoms with E-state index in [0.717, 1.165) is 4.47 Å². The predicted molar refractivity (Wildman–Crippen MR) is 86.3 cm³/mol. The van der Waals surface area contributed by atoms with Gasteiger partial charge in [-0.2, -0.15) is 0 Å². The molecule has 0 unspecified atom stereocenters. The number of halogens is 1. The van der Waals surface area contributed by atoms with E-state index in [9.17, 15) is 9.59 Å². The third-order valence-corrected chi connectivity index (χ3v) is 3.54. The highest BCUT2D eigenvalue weighted by atomic mass is 79.9. The summed E-state index contributed by atoms with van der Waals surface area (Å²) >= 11 is 3.30. The van der Waals surface area contributed by atoms with E-state index in [0.29, 0.717) is 17.1 Å². The number of ketones is 1. The van der Waals surface area contributed by atoms with Crippen LogP contribution in [0.3, 0.4) is 0 Å². The summed E-state index contributed by atoms with van der Waals surface area (Å²) in [5.74, 6) is 0.621. The highest BCUT2D eigenvalue weighted by Crippen LogP contribution is 2.17. The number of benzene rings is 2. The summed E-state index contributed by atoms with van der Waals surface area (Å²) in [6, 6.07) is 13.7. The molecule has 0 spiro atoms. The van der Waals surface area contributed by atoms with Gasteiger partial charge in [0.2, 0.25) is 0 Å². The Morgan fingerprint density at radius 2 is 1.50 bits per heavy atom. The van der Waals surface area contributed by atoms with Crippen molar-refractivity contribution >= 4 is 27.7 Å². The molecule has 5 heteroatoms. The zero-order valence-electron chi connectivity index (χ0n) is 12.0. The van der Waals surface area contributed by atoms with Gasteiger partial charge in [-0.25, -0.2) is 0 Å². The Labute approximate surface area is 137 Å². The molecular formula is C17H15BrO4. The van der Waals surface area contributed by atoms with Gasteiger partial charge in [-0.3, -0.25) is 9.59 Å². The average Bonchev–Trinajstić information content (AvgIpc) is 2.55. The van der Waals surface area contributed by atoms with Crippen LogP contribution >= 0.6 is 15.9 Å². The van der Waals surface area contributed by atoms with Crippen molar-refractivity contribution in [2.75, 3.05) is 7.11 Å². The van der Waals surface area contributed by atoms with Gasteiger partial charge in [-0.15, -0.1) is 0 Å². The summed E-state index contributed by atoms with van der Waals surface area (Å²) in [5.41, 5.74) is 0.553. The summed E-state index contributed by atoms with van der Waals surface area (Å²) in [7, 11) is 1.56. The van der Waals surface area contributed by atoms with Crippen molar-refractivity contribution in [2.24, 2.45) is 0 Å². The van der Waals surface area contributed by atoms with Gasteiger partial charge in [0.1, 0.15) is 11.5 Å². The normalized spacial score (nSPS) is 10.1. The van der Waals surface area contributed by atoms with Crippen LogP contribution in [0, 0.1) is 0 Å². The fourth-order valence-electron chi connectivity index (χ4n) is 1.82. The summed E-state index contributed by atoms with van der Waals surface area (Å²) in [6.45, 7) is 0. The van der Waals surface area contributed by atoms with Gasteiger partial charge >= 0.3 is 5.97 Å². The molecular weight excluding hydrogens is 348 g/mol. The first-order valence-electron chi connectivity index (χ1n) is 6.72. The lowest BCUT2D eigenvalue weighted by Gasteiger charge is -2.05. The third kappa shape index (κ3) is 4.70. The van der Waals surface area contributed by atoms with Gasteiger partial charge in [-0.1, -0.05) is 15.9 Å². The van der Waals surface area contributed by atoms with Crippen LogP contribution in [0.4, 0.5) is 0 Å². The maximum atomic E-state index is 12.0. The quantitative estimate of drug-likeness (QED) is 0.442. The molecule has 0 fully saturated rings. The lowest BCUT2D eigenvalue weighted by Crippen LogP contribution is -2.10. The number of Topliss-reactive ketones (excluding diaryl/α,β-unsaturated/α-hetero) is 1. The number of ether oxygens (including phenoxy) is 2. The fraction of sp³-hybridized carbons (Fsp3) is 0.176. The van der Waals surface area contributed by atoms with Crippen molar-refractivity contribution < 1.29 is 19.1 Å². The molecule has 0 atom stereocenters. The van der Waals surface area contributed by atoms with Crippen LogP contribution in [0.5, 0.6) is 11.5 Å². The highest BCUT2D eigenvalue weighted by Gasteiger charge is 2.11. The molecule has 0 N–H and O–H groups in total. The van der Waals surface area contributed by atoms with Gasteiger partial charge in [-0.05, 0) is 48.5 Å². The molecule has 0 saturated heterocycles. The average molecular weight is 363 g/mol. The molecule has 0 aliphatic carbocycles. The van der Waals surface area contributed by atoms with Gasteiger partial charge in [0.15, 0.2) is 5.78 Å². The van der Waals surface area contributed by atoms with Crippen LogP contribution < -0.4 is 9.47 Å². The lowest BCUT2D eigenvalue weighted by atomic mass is 10.1. The fourth-order valence-corrected chi connectivity index (χ4v) is 2.09. The smallest absolute Gasteiger partial charge is 0.311 e. The zero-order valence-corrected chi connectivity index (χ0v) is 13.6. The molecule has 0 heterocycles. The van der Waals surface area contributed by atoms with Crippen LogP contribution in [0.2, 0.25) is 0 Å². The molecule has 0 aliphatic rings. The second-order valence-corrected chi connectivity index (χ2v) is 5.50. The summed E-state index contributed by atoms with van der Waals surface area (Å²) in [6.07, 6.45) is 0.155. The first-order valence-corrected chi connectivity index (χ1v) is 7.51. The van der Waals surface area contributed by atoms with Crippen LogP contribution in [-0.4, -0.2) is 18.9 Å². The molecule has 0 aliphatic heterocycles. The van der Waals surface area contributed by atoms with Crippen molar-refractivity contribution in [1.82, 2.24) is 0 Å². The molecule has 2 rings (SSSR count). The maximum absolute atomic E-state index is 12.0. The first-order chi connectivity index (χ1) is 10.6. The number of rotatable bonds is 6. The molecule has 2 aromatic rings. The lowest BCUT2D eigenvalue weighted by molar-refractivity contribution is -0.134. The largest absolute Gasteiger partial charge is 0.497 e. The van der Waals surface area contributed by atoms with E-state index >= 15 is 0 Å². The molecule has 2 aromatic carbocycles. The number of hydrogen-bond donors (Lipinski definition) is 0. The SMILES string of the molecule is COc1ccc(C(=O)CCC(=O)Oc2ccc(Br)cc2)cc1. The topological polar surface area (TPSA) is 52.6 Å². The van der Waals surface area contributed by atoms with Gasteiger partial charge in [0.25, 0.3) is 0 Å². The Bertz CT molecular complexity index is 647. The van der Waals surface area contributed by atoms with Crippen molar-refractivity contribution in [3.05, 3.63) is 58.6 Å². The van der Waals surface area contributed by atoms with Crippen molar-refractivity contribution in [3.8, 4) is 11.5 Å². The van der Waals surface area contributed by atoms with E-state index in [-0.39, 0.29) is 18.6 Å². The Hall–Kier alpha value is -2.14. The van der Waals surface area contributed by atoms with E-state index in [1.807, 2.05) is 0 Å². The van der Waals surface area contributed by atoms with E-state index in [2.05, 4.69) is 15.9 Å². The van der Waals surface area contributed by atoms with E-state index < -0.39 is 5.97 Å². The van der Waals surface area contributed by atoms with E-state index in [1.54, 1.807) is 55.6 Å². The minimum atomic E-state index is -0.427. The minimum Gasteiger partial charge on any atom is -0.497 e. The standard InChI is InChI=1S/C17H15BrO4/c1-21-14-6-2-12(3-7-14)16(19)10-11-17(20)22-15-8-4-13(18)5-9-15/h2-9H,10-11H2,1H3. The number of methoxy groups -OCH3 is 1. The molecule has 114 valence electrons. The summed E-state index contributed by atoms with van der Waals surface area (Å²) in [5, 5.41) is 0. The number of carbonyl (C=O) groups excluding carboxylic acids is 2. The highest BCUT2D eigenvalue weighted by molar-refractivity contribution is 9.10. The predicted octanol–water partition coefficient (Wildman–Crippen LogP) is 4.03. The van der Waals surface area contributed by atoms with Crippen LogP contribution in [0.15, 0.2) is 53.0 Å². The monoisotopic (exact) mass is 362 g/mol. The van der Waals surface area contributed by atoms with Crippen LogP contribution in [0.25, 0.3) is 0 Å². The maximum Gasteiger partial charge on any atom is 0.311 e. The summed E-state index contributed by atoms with van der Waals surface area (Å²) < 4.78 is 11.1. The summed E-state index contributed by atoms with van der Waals surface area (Å²) in [4.78, 5) is 23.7. The number of esters is 1. The van der Waals surface area contributed by atoms with Crippen molar-refractivity contribution in [2.45, 2.75) is 12.8 Å². The minimum absolute atomic E-state index is 0.0426. The van der Waals surface area contributed by atoms with E-state index in [1.165, 1.54) is 0 Å². The molecule has 0 amide bonds. The first kappa shape index (κ1) is 16.2. The van der Waals surface area contributed by atoms with Gasteiger partial charge in [0.05, 0.1) is 13.5 Å². The number of hydrogen-bond acceptors (Lipinski definition) is 4. The molecule has 0 aromatic heterocycles. The number of carbonyl (C=O) groups is 2. The Kier molecular flexibility index (Phi) is 5.72. The van der Waals surface area contributed by atoms with Crippen molar-refractivity contribution in [1.29, 1.82) is 0 Å². The van der Waals surface area contributed by atoms with Gasteiger partial charge in [0, 0.05) is 16.5 Å². The second kappa shape index (κ2) is 7.75. The second-order valence-electron chi connectivity index (χ2n) is 4.58. The third-order valence-electron chi connectivity index (χ3n) is 3.01. The molecule has 22 heavy (non-hydrogen) atoms. The van der Waals surface area contributed by atoms with Crippen molar-refractivity contribution in [3.63, 3.8) is 0 Å². The molecule has 0 radical (unpaired) electrons. The van der Waals surface area contributed by atoms with Crippen LogP contribution in [-0.2, 0) is 4.79 Å². The Morgan fingerprint density at radius 3 is 2.09 bits per heavy atom. The zero-order chi connectivity index (χ0) is 15.9. The Balaban J connectivity index is 1.84. The molecule has 0 saturated carbocycles. The molecule has 0 bridgehead atoms. The Morgan fingerprint density at radius 1 is 0.909 bits per heavy atom. The van der Waals surface area contributed by atoms with E-state index in [4.69, 9.17) is 9.47 Å². The van der Waals surface area contributed by atoms with Crippen LogP contribution in [0.1, 0.15) is 23.2 Å². The molecule has 4 nitrogen and oxygen atoms in total. The van der Waals surface area contributed by atoms with Gasteiger partial charge < -0.3 is 9.47 Å².